The Balaban J connectivity index is 1.66. The first-order valence-corrected chi connectivity index (χ1v) is 8.99. The highest BCUT2D eigenvalue weighted by molar-refractivity contribution is 5.64. The Labute approximate surface area is 167 Å². The van der Waals surface area contributed by atoms with Gasteiger partial charge in [-0.1, -0.05) is 0 Å². The van der Waals surface area contributed by atoms with E-state index in [0.717, 1.165) is 22.6 Å². The summed E-state index contributed by atoms with van der Waals surface area (Å²) >= 11 is 0. The first kappa shape index (κ1) is 18.5. The maximum atomic E-state index is 11.6. The molecule has 9 heteroatoms. The van der Waals surface area contributed by atoms with Crippen LogP contribution in [0.15, 0.2) is 53.8 Å². The summed E-state index contributed by atoms with van der Waals surface area (Å²) in [5.74, 6) is 1.82. The molecule has 0 bridgehead atoms. The first-order chi connectivity index (χ1) is 13.9. The molecule has 29 heavy (non-hydrogen) atoms. The second-order valence-electron chi connectivity index (χ2n) is 6.68. The summed E-state index contributed by atoms with van der Waals surface area (Å²) in [6.07, 6.45) is 5.40. The first-order valence-electron chi connectivity index (χ1n) is 8.99. The zero-order chi connectivity index (χ0) is 20.5. The van der Waals surface area contributed by atoms with Gasteiger partial charge in [0.1, 0.15) is 5.75 Å². The number of ether oxygens (including phenoxy) is 1. The van der Waals surface area contributed by atoms with Gasteiger partial charge in [-0.3, -0.25) is 4.79 Å². The molecule has 0 amide bonds. The van der Waals surface area contributed by atoms with Crippen LogP contribution in [0.4, 0.5) is 11.6 Å². The average molecular weight is 391 g/mol. The highest BCUT2D eigenvalue weighted by Crippen LogP contribution is 2.29. The Morgan fingerprint density at radius 3 is 2.62 bits per heavy atom. The van der Waals surface area contributed by atoms with Crippen molar-refractivity contribution in [3.05, 3.63) is 65.1 Å². The van der Waals surface area contributed by atoms with Crippen molar-refractivity contribution in [1.29, 1.82) is 0 Å². The number of aryl methyl sites for hydroxylation is 3. The Bertz CT molecular complexity index is 1240. The van der Waals surface area contributed by atoms with Crippen LogP contribution in [-0.2, 0) is 14.1 Å². The predicted molar refractivity (Wildman–Crippen MR) is 110 cm³/mol. The van der Waals surface area contributed by atoms with Crippen molar-refractivity contribution < 1.29 is 4.74 Å². The fourth-order valence-electron chi connectivity index (χ4n) is 3.00. The molecule has 0 fully saturated rings. The van der Waals surface area contributed by atoms with Crippen molar-refractivity contribution in [2.45, 2.75) is 6.92 Å². The third-order valence-corrected chi connectivity index (χ3v) is 4.53. The summed E-state index contributed by atoms with van der Waals surface area (Å²) in [5.41, 5.74) is 3.31. The van der Waals surface area contributed by atoms with Crippen molar-refractivity contribution in [3.63, 3.8) is 0 Å². The number of rotatable bonds is 5. The number of nitrogens with zero attached hydrogens (tertiary/aromatic N) is 6. The Hall–Kier alpha value is -3.88. The summed E-state index contributed by atoms with van der Waals surface area (Å²) in [6, 6.07) is 9.00. The van der Waals surface area contributed by atoms with Crippen LogP contribution in [0.2, 0.25) is 0 Å². The number of imidazole rings is 1. The van der Waals surface area contributed by atoms with E-state index in [9.17, 15) is 4.79 Å². The topological polar surface area (TPSA) is 91.8 Å². The molecular weight excluding hydrogens is 370 g/mol. The minimum atomic E-state index is -0.0746. The highest BCUT2D eigenvalue weighted by Gasteiger charge is 2.13. The van der Waals surface area contributed by atoms with Crippen molar-refractivity contribution >= 4 is 11.6 Å². The summed E-state index contributed by atoms with van der Waals surface area (Å²) in [5, 5.41) is 7.68. The van der Waals surface area contributed by atoms with Gasteiger partial charge in [-0.05, 0) is 31.2 Å². The lowest BCUT2D eigenvalue weighted by Gasteiger charge is -2.10. The van der Waals surface area contributed by atoms with Crippen LogP contribution in [0.1, 0.15) is 5.69 Å². The number of hydrogen-bond acceptors (Lipinski definition) is 6. The maximum Gasteiger partial charge on any atom is 0.250 e. The van der Waals surface area contributed by atoms with Crippen molar-refractivity contribution in [3.8, 4) is 22.8 Å². The van der Waals surface area contributed by atoms with E-state index in [2.05, 4.69) is 20.4 Å². The Morgan fingerprint density at radius 2 is 1.93 bits per heavy atom. The smallest absolute Gasteiger partial charge is 0.250 e. The van der Waals surface area contributed by atoms with Gasteiger partial charge in [-0.15, -0.1) is 5.10 Å². The molecule has 3 aromatic heterocycles. The minimum Gasteiger partial charge on any atom is -0.495 e. The second-order valence-corrected chi connectivity index (χ2v) is 6.68. The number of hydrogen-bond donors (Lipinski definition) is 1. The maximum absolute atomic E-state index is 11.6. The average Bonchev–Trinajstić information content (AvgIpc) is 3.30. The van der Waals surface area contributed by atoms with Gasteiger partial charge in [0.05, 0.1) is 30.5 Å². The van der Waals surface area contributed by atoms with E-state index >= 15 is 0 Å². The molecule has 0 saturated heterocycles. The van der Waals surface area contributed by atoms with Crippen molar-refractivity contribution in [2.75, 3.05) is 12.4 Å². The summed E-state index contributed by atoms with van der Waals surface area (Å²) in [6.45, 7) is 1.94. The Morgan fingerprint density at radius 1 is 1.10 bits per heavy atom. The molecule has 0 aliphatic rings. The van der Waals surface area contributed by atoms with Gasteiger partial charge in [0, 0.05) is 38.1 Å². The van der Waals surface area contributed by atoms with Crippen LogP contribution in [0.5, 0.6) is 5.75 Å². The van der Waals surface area contributed by atoms with Crippen molar-refractivity contribution in [1.82, 2.24) is 28.9 Å². The molecule has 0 aliphatic heterocycles. The lowest BCUT2D eigenvalue weighted by Crippen LogP contribution is -2.14. The van der Waals surface area contributed by atoms with Crippen LogP contribution in [0.3, 0.4) is 0 Å². The van der Waals surface area contributed by atoms with Gasteiger partial charge in [-0.2, -0.15) is 4.98 Å². The number of pyridine rings is 1. The summed E-state index contributed by atoms with van der Waals surface area (Å²) in [7, 11) is 5.14. The molecule has 0 spiro atoms. The van der Waals surface area contributed by atoms with Crippen LogP contribution >= 0.6 is 0 Å². The lowest BCUT2D eigenvalue weighted by atomic mass is 10.1. The van der Waals surface area contributed by atoms with E-state index < -0.39 is 0 Å². The molecule has 4 aromatic rings. The minimum absolute atomic E-state index is 0.0746. The molecule has 0 aliphatic carbocycles. The third kappa shape index (κ3) is 3.62. The van der Waals surface area contributed by atoms with Crippen LogP contribution in [0, 0.1) is 6.92 Å². The Kier molecular flexibility index (Phi) is 4.63. The van der Waals surface area contributed by atoms with E-state index in [1.165, 1.54) is 10.6 Å². The molecule has 0 radical (unpaired) electrons. The van der Waals surface area contributed by atoms with E-state index in [4.69, 9.17) is 4.74 Å². The van der Waals surface area contributed by atoms with Crippen LogP contribution < -0.4 is 15.6 Å². The summed E-state index contributed by atoms with van der Waals surface area (Å²) < 4.78 is 10.6. The fraction of sp³-hybridized carbons (Fsp3) is 0.200. The number of aromatic nitrogens is 6. The quantitative estimate of drug-likeness (QED) is 0.562. The van der Waals surface area contributed by atoms with E-state index in [-0.39, 0.29) is 5.56 Å². The number of methoxy groups -OCH3 is 1. The number of anilines is 2. The number of benzene rings is 1. The van der Waals surface area contributed by atoms with Crippen LogP contribution in [0.25, 0.3) is 17.1 Å². The zero-order valence-electron chi connectivity index (χ0n) is 16.6. The SMILES string of the molecule is COc1cc(-c2nc(Nc3ccc(=O)n(C)c3)n(C)n2)ccc1-n1cnc(C)c1. The van der Waals surface area contributed by atoms with Gasteiger partial charge < -0.3 is 19.2 Å². The third-order valence-electron chi connectivity index (χ3n) is 4.53. The zero-order valence-corrected chi connectivity index (χ0v) is 16.6. The summed E-state index contributed by atoms with van der Waals surface area (Å²) in [4.78, 5) is 20.4. The monoisotopic (exact) mass is 391 g/mol. The molecule has 3 heterocycles. The normalized spacial score (nSPS) is 10.9. The molecule has 148 valence electrons. The van der Waals surface area contributed by atoms with Gasteiger partial charge in [0.25, 0.3) is 0 Å². The molecule has 1 aromatic carbocycles. The molecular formula is C20H21N7O2. The number of nitrogens with one attached hydrogen (secondary N) is 1. The standard InChI is InChI=1S/C20H21N7O2/c1-13-10-27(12-21-13)16-7-5-14(9-17(16)29-4)19-23-20(26(3)24-19)22-15-6-8-18(28)25(2)11-15/h5-12H,1-4H3,(H,22,23,24). The highest BCUT2D eigenvalue weighted by atomic mass is 16.5. The second kappa shape index (κ2) is 7.27. The van der Waals surface area contributed by atoms with E-state index in [0.29, 0.717) is 17.5 Å². The van der Waals surface area contributed by atoms with E-state index in [1.54, 1.807) is 44.5 Å². The fourth-order valence-corrected chi connectivity index (χ4v) is 3.00. The van der Waals surface area contributed by atoms with Crippen molar-refractivity contribution in [2.24, 2.45) is 14.1 Å². The molecule has 0 atom stereocenters. The molecule has 9 nitrogen and oxygen atoms in total. The molecule has 0 unspecified atom stereocenters. The predicted octanol–water partition coefficient (Wildman–Crippen LogP) is 2.43. The van der Waals surface area contributed by atoms with Crippen LogP contribution in [-0.4, -0.2) is 36.0 Å². The van der Waals surface area contributed by atoms with Gasteiger partial charge in [0.2, 0.25) is 11.5 Å². The van der Waals surface area contributed by atoms with Gasteiger partial charge in [-0.25, -0.2) is 9.67 Å². The van der Waals surface area contributed by atoms with Gasteiger partial charge in [0.15, 0.2) is 5.82 Å². The molecule has 4 rings (SSSR count). The molecule has 1 N–H and O–H groups in total. The lowest BCUT2D eigenvalue weighted by molar-refractivity contribution is 0.413. The van der Waals surface area contributed by atoms with E-state index in [1.807, 2.05) is 35.9 Å². The largest absolute Gasteiger partial charge is 0.495 e. The molecule has 0 saturated carbocycles. The van der Waals surface area contributed by atoms with Gasteiger partial charge >= 0.3 is 0 Å².